The average molecular weight is 353 g/mol. The second-order valence-electron chi connectivity index (χ2n) is 5.88. The van der Waals surface area contributed by atoms with E-state index in [2.05, 4.69) is 15.6 Å². The fourth-order valence-electron chi connectivity index (χ4n) is 2.90. The predicted octanol–water partition coefficient (Wildman–Crippen LogP) is 0.227. The number of carbonyl (C=O) groups excluding carboxylic acids is 1. The van der Waals surface area contributed by atoms with Crippen LogP contribution >= 0.6 is 12.4 Å². The Morgan fingerprint density at radius 3 is 2.83 bits per heavy atom. The highest BCUT2D eigenvalue weighted by atomic mass is 35.5. The first kappa shape index (κ1) is 18.2. The molecule has 24 heavy (non-hydrogen) atoms. The standard InChI is InChI=1S/C16H20N4O3.ClH/c21-14(18-9-11-4-3-7-17-8-11)10-20-15(22)12-5-1-2-6-13(12)19-16(20)23;/h1-2,5-6,11,17H,3-4,7-10H2,(H,18,21)(H,19,23);1H. The highest BCUT2D eigenvalue weighted by molar-refractivity contribution is 5.85. The van der Waals surface area contributed by atoms with Gasteiger partial charge >= 0.3 is 5.69 Å². The normalized spacial score (nSPS) is 17.2. The van der Waals surface area contributed by atoms with Crippen molar-refractivity contribution in [2.45, 2.75) is 19.4 Å². The number of benzene rings is 1. The number of aromatic nitrogens is 2. The third kappa shape index (κ3) is 4.04. The molecule has 2 aromatic rings. The van der Waals surface area contributed by atoms with Gasteiger partial charge in [-0.3, -0.25) is 14.2 Å². The first-order chi connectivity index (χ1) is 11.1. The molecular formula is C16H21ClN4O3. The lowest BCUT2D eigenvalue weighted by Crippen LogP contribution is -2.43. The van der Waals surface area contributed by atoms with Crippen LogP contribution in [0.15, 0.2) is 33.9 Å². The molecule has 0 saturated carbocycles. The number of para-hydroxylation sites is 1. The summed E-state index contributed by atoms with van der Waals surface area (Å²) in [6.07, 6.45) is 2.17. The Balaban J connectivity index is 0.00000208. The van der Waals surface area contributed by atoms with Crippen LogP contribution < -0.4 is 21.9 Å². The summed E-state index contributed by atoms with van der Waals surface area (Å²) in [5.41, 5.74) is -0.533. The third-order valence-electron chi connectivity index (χ3n) is 4.18. The van der Waals surface area contributed by atoms with Gasteiger partial charge in [-0.15, -0.1) is 12.4 Å². The second-order valence-corrected chi connectivity index (χ2v) is 5.88. The van der Waals surface area contributed by atoms with E-state index in [-0.39, 0.29) is 24.9 Å². The van der Waals surface area contributed by atoms with Gasteiger partial charge in [0, 0.05) is 6.54 Å². The lowest BCUT2D eigenvalue weighted by atomic mass is 10.00. The lowest BCUT2D eigenvalue weighted by molar-refractivity contribution is -0.122. The molecule has 0 aliphatic carbocycles. The molecule has 130 valence electrons. The van der Waals surface area contributed by atoms with Crippen molar-refractivity contribution >= 4 is 29.2 Å². The Hall–Kier alpha value is -2.12. The molecular weight excluding hydrogens is 332 g/mol. The monoisotopic (exact) mass is 352 g/mol. The van der Waals surface area contributed by atoms with Crippen LogP contribution in [0.25, 0.3) is 10.9 Å². The van der Waals surface area contributed by atoms with Crippen molar-refractivity contribution < 1.29 is 4.79 Å². The molecule has 2 heterocycles. The van der Waals surface area contributed by atoms with Gasteiger partial charge in [0.15, 0.2) is 0 Å². The molecule has 3 N–H and O–H groups in total. The maximum atomic E-state index is 12.3. The quantitative estimate of drug-likeness (QED) is 0.733. The number of aromatic amines is 1. The molecule has 1 unspecified atom stereocenters. The van der Waals surface area contributed by atoms with Gasteiger partial charge in [-0.1, -0.05) is 12.1 Å². The van der Waals surface area contributed by atoms with Gasteiger partial charge in [0.25, 0.3) is 5.56 Å². The van der Waals surface area contributed by atoms with E-state index >= 15 is 0 Å². The molecule has 1 aliphatic heterocycles. The summed E-state index contributed by atoms with van der Waals surface area (Å²) in [6.45, 7) is 2.20. The summed E-state index contributed by atoms with van der Waals surface area (Å²) in [4.78, 5) is 39.0. The van der Waals surface area contributed by atoms with Crippen LogP contribution in [0.4, 0.5) is 0 Å². The van der Waals surface area contributed by atoms with E-state index in [0.717, 1.165) is 30.5 Å². The smallest absolute Gasteiger partial charge is 0.329 e. The van der Waals surface area contributed by atoms with Crippen molar-refractivity contribution in [3.8, 4) is 0 Å². The van der Waals surface area contributed by atoms with Crippen molar-refractivity contribution in [1.29, 1.82) is 0 Å². The highest BCUT2D eigenvalue weighted by Gasteiger charge is 2.15. The molecule has 3 rings (SSSR count). The summed E-state index contributed by atoms with van der Waals surface area (Å²) in [5.74, 6) is 0.0813. The Labute approximate surface area is 144 Å². The highest BCUT2D eigenvalue weighted by Crippen LogP contribution is 2.08. The van der Waals surface area contributed by atoms with E-state index < -0.39 is 11.2 Å². The number of fused-ring (bicyclic) bond motifs is 1. The fourth-order valence-corrected chi connectivity index (χ4v) is 2.90. The van der Waals surface area contributed by atoms with Gasteiger partial charge in [0.05, 0.1) is 10.9 Å². The Morgan fingerprint density at radius 2 is 2.08 bits per heavy atom. The number of H-pyrrole nitrogens is 1. The van der Waals surface area contributed by atoms with Crippen molar-refractivity contribution in [1.82, 2.24) is 20.2 Å². The molecule has 0 radical (unpaired) electrons. The van der Waals surface area contributed by atoms with Crippen molar-refractivity contribution in [3.05, 3.63) is 45.1 Å². The molecule has 1 aromatic carbocycles. The Morgan fingerprint density at radius 1 is 1.29 bits per heavy atom. The SMILES string of the molecule is Cl.O=C(Cn1c(=O)[nH]c2ccccc2c1=O)NCC1CCCNC1. The maximum Gasteiger partial charge on any atom is 0.329 e. The molecule has 1 aliphatic rings. The van der Waals surface area contributed by atoms with Gasteiger partial charge < -0.3 is 15.6 Å². The van der Waals surface area contributed by atoms with Gasteiger partial charge in [0.1, 0.15) is 6.54 Å². The minimum absolute atomic E-state index is 0. The van der Waals surface area contributed by atoms with Gasteiger partial charge in [-0.05, 0) is 44.0 Å². The number of carbonyl (C=O) groups is 1. The van der Waals surface area contributed by atoms with Crippen LogP contribution in [0.2, 0.25) is 0 Å². The number of hydrogen-bond acceptors (Lipinski definition) is 4. The minimum atomic E-state index is -0.566. The van der Waals surface area contributed by atoms with Crippen LogP contribution in [0.3, 0.4) is 0 Å². The van der Waals surface area contributed by atoms with E-state index in [0.29, 0.717) is 23.4 Å². The molecule has 1 fully saturated rings. The van der Waals surface area contributed by atoms with Gasteiger partial charge in [-0.25, -0.2) is 4.79 Å². The number of nitrogens with zero attached hydrogens (tertiary/aromatic N) is 1. The van der Waals surface area contributed by atoms with E-state index in [1.807, 2.05) is 0 Å². The van der Waals surface area contributed by atoms with E-state index in [4.69, 9.17) is 0 Å². The topological polar surface area (TPSA) is 96.0 Å². The van der Waals surface area contributed by atoms with Crippen LogP contribution in [0, 0.1) is 5.92 Å². The Kier molecular flexibility index (Phi) is 6.16. The van der Waals surface area contributed by atoms with Crippen molar-refractivity contribution in [2.24, 2.45) is 5.92 Å². The lowest BCUT2D eigenvalue weighted by Gasteiger charge is -2.22. The zero-order chi connectivity index (χ0) is 16.2. The van der Waals surface area contributed by atoms with Crippen LogP contribution in [-0.4, -0.2) is 35.1 Å². The zero-order valence-electron chi connectivity index (χ0n) is 13.2. The molecule has 1 aromatic heterocycles. The molecule has 1 amide bonds. The summed E-state index contributed by atoms with van der Waals surface area (Å²) in [7, 11) is 0. The molecule has 7 nitrogen and oxygen atoms in total. The van der Waals surface area contributed by atoms with E-state index in [9.17, 15) is 14.4 Å². The largest absolute Gasteiger partial charge is 0.354 e. The summed E-state index contributed by atoms with van der Waals surface area (Å²) in [6, 6.07) is 6.77. The fraction of sp³-hybridized carbons (Fsp3) is 0.438. The van der Waals surface area contributed by atoms with Crippen molar-refractivity contribution in [3.63, 3.8) is 0 Å². The molecule has 0 bridgehead atoms. The Bertz CT molecular complexity index is 824. The number of amides is 1. The van der Waals surface area contributed by atoms with E-state index in [1.54, 1.807) is 24.3 Å². The van der Waals surface area contributed by atoms with Crippen LogP contribution in [0.5, 0.6) is 0 Å². The summed E-state index contributed by atoms with van der Waals surface area (Å²) < 4.78 is 0.941. The second kappa shape index (κ2) is 8.12. The van der Waals surface area contributed by atoms with Crippen LogP contribution in [0.1, 0.15) is 12.8 Å². The summed E-state index contributed by atoms with van der Waals surface area (Å²) >= 11 is 0. The predicted molar refractivity (Wildman–Crippen MR) is 94.7 cm³/mol. The molecule has 0 spiro atoms. The number of nitrogens with one attached hydrogen (secondary N) is 3. The summed E-state index contributed by atoms with van der Waals surface area (Å²) in [5, 5.41) is 6.50. The maximum absolute atomic E-state index is 12.3. The van der Waals surface area contributed by atoms with Gasteiger partial charge in [-0.2, -0.15) is 0 Å². The van der Waals surface area contributed by atoms with Crippen molar-refractivity contribution in [2.75, 3.05) is 19.6 Å². The first-order valence-electron chi connectivity index (χ1n) is 7.84. The van der Waals surface area contributed by atoms with Crippen LogP contribution in [-0.2, 0) is 11.3 Å². The third-order valence-corrected chi connectivity index (χ3v) is 4.18. The molecule has 1 atom stereocenters. The number of rotatable bonds is 4. The number of halogens is 1. The molecule has 8 heteroatoms. The van der Waals surface area contributed by atoms with Gasteiger partial charge in [0.2, 0.25) is 5.91 Å². The number of piperidine rings is 1. The average Bonchev–Trinajstić information content (AvgIpc) is 2.58. The van der Waals surface area contributed by atoms with E-state index in [1.165, 1.54) is 0 Å². The molecule has 1 saturated heterocycles. The first-order valence-corrected chi connectivity index (χ1v) is 7.84. The zero-order valence-corrected chi connectivity index (χ0v) is 14.0. The number of hydrogen-bond donors (Lipinski definition) is 3. The minimum Gasteiger partial charge on any atom is -0.354 e.